The highest BCUT2D eigenvalue weighted by Crippen LogP contribution is 2.42. The summed E-state index contributed by atoms with van der Waals surface area (Å²) in [4.78, 5) is 29.8. The lowest BCUT2D eigenvalue weighted by atomic mass is 9.68. The number of nitrogens with one attached hydrogen (secondary N) is 2. The molecule has 0 aromatic carbocycles. The van der Waals surface area contributed by atoms with Gasteiger partial charge in [-0.25, -0.2) is 4.79 Å². The summed E-state index contributed by atoms with van der Waals surface area (Å²) >= 11 is 0. The Bertz CT molecular complexity index is 666. The van der Waals surface area contributed by atoms with Crippen molar-refractivity contribution in [1.29, 1.82) is 0 Å². The van der Waals surface area contributed by atoms with Crippen LogP contribution >= 0.6 is 0 Å². The van der Waals surface area contributed by atoms with Crippen molar-refractivity contribution in [3.05, 3.63) is 16.6 Å². The van der Waals surface area contributed by atoms with E-state index in [1.165, 1.54) is 44.6 Å². The van der Waals surface area contributed by atoms with E-state index in [-0.39, 0.29) is 24.3 Å². The molecule has 27 heavy (non-hydrogen) atoms. The molecular weight excluding hydrogens is 350 g/mol. The van der Waals surface area contributed by atoms with Gasteiger partial charge in [0.15, 0.2) is 12.5 Å². The van der Waals surface area contributed by atoms with E-state index in [1.54, 1.807) is 7.11 Å². The van der Waals surface area contributed by atoms with Crippen molar-refractivity contribution in [3.63, 3.8) is 0 Å². The van der Waals surface area contributed by atoms with Gasteiger partial charge >= 0.3 is 5.69 Å². The lowest BCUT2D eigenvalue weighted by molar-refractivity contribution is -0.123. The highest BCUT2D eigenvalue weighted by atomic mass is 16.5. The number of hydrogen-bond acceptors (Lipinski definition) is 6. The highest BCUT2D eigenvalue weighted by Gasteiger charge is 2.31. The minimum atomic E-state index is -0.589. The maximum absolute atomic E-state index is 12.1. The van der Waals surface area contributed by atoms with E-state index in [1.807, 2.05) is 0 Å². The number of aromatic nitrogens is 2. The molecule has 2 aliphatic carbocycles. The van der Waals surface area contributed by atoms with Gasteiger partial charge < -0.3 is 19.5 Å². The van der Waals surface area contributed by atoms with E-state index >= 15 is 0 Å². The number of aromatic amines is 1. The predicted octanol–water partition coefficient (Wildman–Crippen LogP) is 1.51. The molecule has 2 atom stereocenters. The van der Waals surface area contributed by atoms with Gasteiger partial charge in [-0.2, -0.15) is 4.98 Å². The summed E-state index contributed by atoms with van der Waals surface area (Å²) in [6, 6.07) is 1.45. The van der Waals surface area contributed by atoms with E-state index in [4.69, 9.17) is 14.2 Å². The third kappa shape index (κ3) is 6.23. The Morgan fingerprint density at radius 3 is 2.74 bits per heavy atom. The third-order valence-corrected chi connectivity index (χ3v) is 5.41. The van der Waals surface area contributed by atoms with Crippen LogP contribution in [0.25, 0.3) is 0 Å². The maximum Gasteiger partial charge on any atom is 0.351 e. The Balaban J connectivity index is 1.41. The van der Waals surface area contributed by atoms with Crippen molar-refractivity contribution in [3.8, 4) is 11.8 Å². The summed E-state index contributed by atoms with van der Waals surface area (Å²) in [6.07, 6.45) is 7.85. The van der Waals surface area contributed by atoms with Crippen LogP contribution in [-0.4, -0.2) is 49.4 Å². The minimum absolute atomic E-state index is 0.0634. The Kier molecular flexibility index (Phi) is 7.09. The summed E-state index contributed by atoms with van der Waals surface area (Å²) in [5, 5.41) is 2.96. The lowest BCUT2D eigenvalue weighted by Gasteiger charge is -2.39. The first-order valence-electron chi connectivity index (χ1n) is 9.75. The standard InChI is InChI=1S/C19H29N3O5/c1-25-5-6-26-17-10-18(22-19(24)21-17)27-12-16(23)20-11-15-8-13-3-2-4-14(7-13)9-15/h10,13-15H,2-9,11-12H2,1H3,(H,20,23)(H,21,22,24). The molecule has 0 aliphatic heterocycles. The largest absolute Gasteiger partial charge is 0.476 e. The molecule has 8 nitrogen and oxygen atoms in total. The number of H-pyrrole nitrogens is 1. The third-order valence-electron chi connectivity index (χ3n) is 5.41. The van der Waals surface area contributed by atoms with E-state index in [0.717, 1.165) is 11.8 Å². The fourth-order valence-corrected chi connectivity index (χ4v) is 4.29. The molecule has 1 aromatic rings. The molecule has 2 N–H and O–H groups in total. The summed E-state index contributed by atoms with van der Waals surface area (Å²) in [5.74, 6) is 2.34. The van der Waals surface area contributed by atoms with E-state index in [0.29, 0.717) is 25.7 Å². The van der Waals surface area contributed by atoms with Crippen molar-refractivity contribution in [2.24, 2.45) is 17.8 Å². The van der Waals surface area contributed by atoms with Gasteiger partial charge in [0.05, 0.1) is 12.7 Å². The van der Waals surface area contributed by atoms with Gasteiger partial charge in [-0.05, 0) is 37.0 Å². The van der Waals surface area contributed by atoms with Crippen LogP contribution in [0.2, 0.25) is 0 Å². The Hall–Kier alpha value is -2.09. The van der Waals surface area contributed by atoms with Crippen LogP contribution in [0.5, 0.6) is 11.8 Å². The Morgan fingerprint density at radius 1 is 1.22 bits per heavy atom. The van der Waals surface area contributed by atoms with Gasteiger partial charge in [0.1, 0.15) is 6.61 Å². The molecule has 1 heterocycles. The molecule has 8 heteroatoms. The second-order valence-corrected chi connectivity index (χ2v) is 7.56. The van der Waals surface area contributed by atoms with Crippen LogP contribution in [0.4, 0.5) is 0 Å². The summed E-state index contributed by atoms with van der Waals surface area (Å²) in [7, 11) is 1.56. The minimum Gasteiger partial charge on any atom is -0.476 e. The monoisotopic (exact) mass is 379 g/mol. The van der Waals surface area contributed by atoms with Crippen LogP contribution in [0.15, 0.2) is 10.9 Å². The second-order valence-electron chi connectivity index (χ2n) is 7.56. The molecule has 1 aromatic heterocycles. The lowest BCUT2D eigenvalue weighted by Crippen LogP contribution is -2.37. The number of methoxy groups -OCH3 is 1. The summed E-state index contributed by atoms with van der Waals surface area (Å²) < 4.78 is 15.6. The van der Waals surface area contributed by atoms with Crippen molar-refractivity contribution in [1.82, 2.24) is 15.3 Å². The molecule has 0 spiro atoms. The number of carbonyl (C=O) groups is 1. The molecule has 2 fully saturated rings. The van der Waals surface area contributed by atoms with E-state index in [9.17, 15) is 9.59 Å². The SMILES string of the molecule is COCCOc1cc(OCC(=O)NCC2CC3CCCC(C3)C2)nc(=O)[nH]1. The fraction of sp³-hybridized carbons (Fsp3) is 0.737. The van der Waals surface area contributed by atoms with Gasteiger partial charge in [-0.3, -0.25) is 9.78 Å². The Morgan fingerprint density at radius 2 is 2.00 bits per heavy atom. The van der Waals surface area contributed by atoms with Gasteiger partial charge in [0.2, 0.25) is 5.88 Å². The topological polar surface area (TPSA) is 103 Å². The highest BCUT2D eigenvalue weighted by molar-refractivity contribution is 5.77. The number of fused-ring (bicyclic) bond motifs is 2. The van der Waals surface area contributed by atoms with Crippen molar-refractivity contribution in [2.75, 3.05) is 33.5 Å². The second kappa shape index (κ2) is 9.73. The quantitative estimate of drug-likeness (QED) is 0.631. The molecule has 2 unspecified atom stereocenters. The van der Waals surface area contributed by atoms with Crippen molar-refractivity contribution < 1.29 is 19.0 Å². The number of nitrogens with zero attached hydrogens (tertiary/aromatic N) is 1. The number of ether oxygens (including phenoxy) is 3. The summed E-state index contributed by atoms with van der Waals surface area (Å²) in [5.41, 5.74) is -0.589. The van der Waals surface area contributed by atoms with Crippen LogP contribution < -0.4 is 20.5 Å². The number of amides is 1. The van der Waals surface area contributed by atoms with Crippen LogP contribution in [-0.2, 0) is 9.53 Å². The van der Waals surface area contributed by atoms with Crippen LogP contribution in [0.1, 0.15) is 38.5 Å². The van der Waals surface area contributed by atoms with E-state index < -0.39 is 5.69 Å². The number of carbonyl (C=O) groups excluding carboxylic acids is 1. The first-order valence-corrected chi connectivity index (χ1v) is 9.75. The molecule has 0 radical (unpaired) electrons. The summed E-state index contributed by atoms with van der Waals surface area (Å²) in [6.45, 7) is 1.21. The van der Waals surface area contributed by atoms with Crippen molar-refractivity contribution in [2.45, 2.75) is 38.5 Å². The predicted molar refractivity (Wildman–Crippen MR) is 98.9 cm³/mol. The zero-order chi connectivity index (χ0) is 19.1. The smallest absolute Gasteiger partial charge is 0.351 e. The van der Waals surface area contributed by atoms with Crippen LogP contribution in [0.3, 0.4) is 0 Å². The fourth-order valence-electron chi connectivity index (χ4n) is 4.29. The zero-order valence-electron chi connectivity index (χ0n) is 15.9. The van der Waals surface area contributed by atoms with E-state index in [2.05, 4.69) is 15.3 Å². The molecule has 3 rings (SSSR count). The molecule has 0 saturated heterocycles. The normalized spacial score (nSPS) is 24.3. The average molecular weight is 379 g/mol. The number of hydrogen-bond donors (Lipinski definition) is 2. The molecular formula is C19H29N3O5. The molecule has 2 bridgehead atoms. The van der Waals surface area contributed by atoms with Crippen LogP contribution in [0, 0.1) is 17.8 Å². The molecule has 2 saturated carbocycles. The molecule has 1 amide bonds. The average Bonchev–Trinajstić information content (AvgIpc) is 2.64. The molecule has 150 valence electrons. The zero-order valence-corrected chi connectivity index (χ0v) is 15.9. The van der Waals surface area contributed by atoms with Crippen molar-refractivity contribution >= 4 is 5.91 Å². The Labute approximate surface area is 159 Å². The maximum atomic E-state index is 12.1. The van der Waals surface area contributed by atoms with Gasteiger partial charge in [-0.1, -0.05) is 19.3 Å². The number of rotatable bonds is 9. The van der Waals surface area contributed by atoms with Gasteiger partial charge in [-0.15, -0.1) is 0 Å². The van der Waals surface area contributed by atoms with Gasteiger partial charge in [0.25, 0.3) is 5.91 Å². The first-order chi connectivity index (χ1) is 13.1. The molecule has 2 aliphatic rings. The first kappa shape index (κ1) is 19.7. The van der Waals surface area contributed by atoms with Gasteiger partial charge in [0, 0.05) is 13.7 Å².